The molecule has 2 nitrogen and oxygen atoms in total. The van der Waals surface area contributed by atoms with E-state index in [9.17, 15) is 4.79 Å². The number of aryl methyl sites for hydroxylation is 1. The van der Waals surface area contributed by atoms with Crippen LogP contribution in [0.5, 0.6) is 0 Å². The van der Waals surface area contributed by atoms with E-state index < -0.39 is 0 Å². The van der Waals surface area contributed by atoms with E-state index in [0.29, 0.717) is 5.02 Å². The lowest BCUT2D eigenvalue weighted by molar-refractivity contribution is 0.0964. The zero-order valence-electron chi connectivity index (χ0n) is 9.54. The number of nitrogens with one attached hydrogen (secondary N) is 1. The van der Waals surface area contributed by atoms with Crippen LogP contribution < -0.4 is 5.32 Å². The van der Waals surface area contributed by atoms with Gasteiger partial charge in [0, 0.05) is 21.3 Å². The average molecular weight is 325 g/mol. The maximum atomic E-state index is 12.5. The summed E-state index contributed by atoms with van der Waals surface area (Å²) in [7, 11) is 0. The minimum atomic E-state index is -0.228. The molecule has 0 amide bonds. The van der Waals surface area contributed by atoms with Crippen LogP contribution in [0.3, 0.4) is 0 Å². The number of halogens is 2. The molecule has 1 aliphatic carbocycles. The Morgan fingerprint density at radius 3 is 3.00 bits per heavy atom. The van der Waals surface area contributed by atoms with Gasteiger partial charge >= 0.3 is 0 Å². The molecule has 0 fully saturated rings. The summed E-state index contributed by atoms with van der Waals surface area (Å²) >= 11 is 9.43. The van der Waals surface area contributed by atoms with Gasteiger partial charge in [0.25, 0.3) is 0 Å². The molecule has 1 unspecified atom stereocenters. The molecule has 0 bridgehead atoms. The highest BCUT2D eigenvalue weighted by Gasteiger charge is 2.29. The third-order valence-electron chi connectivity index (χ3n) is 3.36. The Bertz CT molecular complexity index is 591. The third kappa shape index (κ3) is 2.02. The monoisotopic (exact) mass is 323 g/mol. The van der Waals surface area contributed by atoms with Crippen molar-refractivity contribution in [1.29, 1.82) is 0 Å². The van der Waals surface area contributed by atoms with Crippen molar-refractivity contribution in [2.24, 2.45) is 0 Å². The van der Waals surface area contributed by atoms with Crippen molar-refractivity contribution < 1.29 is 4.79 Å². The Balaban J connectivity index is 2.06. The third-order valence-corrected chi connectivity index (χ3v) is 4.05. The first-order chi connectivity index (χ1) is 8.65. The number of dihydropyridines is 1. The number of Topliss-reactive ketones (excluding diaryl/α,β-unsaturated/α-hetero) is 1. The molecule has 3 rings (SSSR count). The lowest BCUT2D eigenvalue weighted by atomic mass is 9.97. The smallest absolute Gasteiger partial charge is 0.189 e. The van der Waals surface area contributed by atoms with E-state index in [1.807, 2.05) is 24.4 Å². The number of fused-ring (bicyclic) bond motifs is 2. The summed E-state index contributed by atoms with van der Waals surface area (Å²) in [6.07, 6.45) is 5.59. The number of hydrogen-bond donors (Lipinski definition) is 1. The van der Waals surface area contributed by atoms with E-state index in [4.69, 9.17) is 11.6 Å². The Morgan fingerprint density at radius 1 is 1.33 bits per heavy atom. The Kier molecular flexibility index (Phi) is 3.04. The average Bonchev–Trinajstić information content (AvgIpc) is 2.47. The van der Waals surface area contributed by atoms with E-state index in [2.05, 4.69) is 21.2 Å². The molecule has 92 valence electrons. The highest BCUT2D eigenvalue weighted by atomic mass is 79.9. The molecule has 0 saturated heterocycles. The van der Waals surface area contributed by atoms with Gasteiger partial charge < -0.3 is 5.32 Å². The maximum absolute atomic E-state index is 12.5. The van der Waals surface area contributed by atoms with Crippen LogP contribution in [0.2, 0.25) is 5.02 Å². The predicted octanol–water partition coefficient (Wildman–Crippen LogP) is 3.60. The van der Waals surface area contributed by atoms with Crippen LogP contribution in [-0.2, 0) is 6.42 Å². The standard InChI is InChI=1S/C14H11BrClNO/c15-10-5-9-2-1-8-6-11(16)3-4-12(8)14(18)13(9)17-7-10/h3-7,13,17H,1-2H2. The van der Waals surface area contributed by atoms with Crippen LogP contribution in [0.15, 0.2) is 40.5 Å². The number of rotatable bonds is 0. The molecule has 1 aliphatic heterocycles. The first kappa shape index (κ1) is 12.0. The highest BCUT2D eigenvalue weighted by molar-refractivity contribution is 9.11. The molecular formula is C14H11BrClNO. The van der Waals surface area contributed by atoms with Gasteiger partial charge in [-0.25, -0.2) is 0 Å². The van der Waals surface area contributed by atoms with Gasteiger partial charge in [-0.15, -0.1) is 0 Å². The fraction of sp³-hybridized carbons (Fsp3) is 0.214. The second kappa shape index (κ2) is 4.56. The van der Waals surface area contributed by atoms with E-state index >= 15 is 0 Å². The zero-order chi connectivity index (χ0) is 12.7. The summed E-state index contributed by atoms with van der Waals surface area (Å²) in [4.78, 5) is 12.5. The van der Waals surface area contributed by atoms with Gasteiger partial charge in [0.2, 0.25) is 0 Å². The second-order valence-corrected chi connectivity index (χ2v) is 5.87. The maximum Gasteiger partial charge on any atom is 0.189 e. The van der Waals surface area contributed by atoms with Crippen molar-refractivity contribution in [1.82, 2.24) is 5.32 Å². The number of benzene rings is 1. The summed E-state index contributed by atoms with van der Waals surface area (Å²) in [5.41, 5.74) is 2.95. The SMILES string of the molecule is O=C1c2ccc(Cl)cc2CCC2=CC(Br)=CNC12. The lowest BCUT2D eigenvalue weighted by Gasteiger charge is -2.21. The normalized spacial score (nSPS) is 22.1. The number of carbonyl (C=O) groups excluding carboxylic acids is 1. The Hall–Kier alpha value is -1.06. The molecule has 1 N–H and O–H groups in total. The van der Waals surface area contributed by atoms with Crippen molar-refractivity contribution in [2.45, 2.75) is 18.9 Å². The molecule has 1 aromatic rings. The van der Waals surface area contributed by atoms with Crippen LogP contribution >= 0.6 is 27.5 Å². The first-order valence-electron chi connectivity index (χ1n) is 5.80. The minimum Gasteiger partial charge on any atom is -0.377 e. The summed E-state index contributed by atoms with van der Waals surface area (Å²) in [5.74, 6) is 0.127. The van der Waals surface area contributed by atoms with Crippen molar-refractivity contribution in [2.75, 3.05) is 0 Å². The molecule has 0 aromatic heterocycles. The Morgan fingerprint density at radius 2 is 2.17 bits per heavy atom. The predicted molar refractivity (Wildman–Crippen MR) is 76.1 cm³/mol. The van der Waals surface area contributed by atoms with E-state index in [1.54, 1.807) is 6.07 Å². The second-order valence-electron chi connectivity index (χ2n) is 4.51. The summed E-state index contributed by atoms with van der Waals surface area (Å²) < 4.78 is 0.977. The molecule has 0 saturated carbocycles. The fourth-order valence-corrected chi connectivity index (χ4v) is 3.10. The van der Waals surface area contributed by atoms with E-state index in [1.165, 1.54) is 0 Å². The number of allylic oxidation sites excluding steroid dienone is 2. The quantitative estimate of drug-likeness (QED) is 0.790. The van der Waals surface area contributed by atoms with E-state index in [0.717, 1.165) is 34.0 Å². The van der Waals surface area contributed by atoms with E-state index in [-0.39, 0.29) is 11.8 Å². The topological polar surface area (TPSA) is 29.1 Å². The van der Waals surface area contributed by atoms with Crippen LogP contribution in [0.25, 0.3) is 0 Å². The molecule has 2 aliphatic rings. The molecule has 0 spiro atoms. The largest absolute Gasteiger partial charge is 0.377 e. The fourth-order valence-electron chi connectivity index (χ4n) is 2.48. The van der Waals surface area contributed by atoms with Gasteiger partial charge in [0.1, 0.15) is 6.04 Å². The van der Waals surface area contributed by atoms with Crippen LogP contribution in [-0.4, -0.2) is 11.8 Å². The number of carbonyl (C=O) groups is 1. The van der Waals surface area contributed by atoms with Gasteiger partial charge in [-0.1, -0.05) is 11.6 Å². The summed E-state index contributed by atoms with van der Waals surface area (Å²) in [5, 5.41) is 3.84. The Labute approximate surface area is 119 Å². The van der Waals surface area contributed by atoms with Crippen molar-refractivity contribution in [3.63, 3.8) is 0 Å². The van der Waals surface area contributed by atoms with Gasteiger partial charge in [-0.05, 0) is 64.2 Å². The van der Waals surface area contributed by atoms with Gasteiger partial charge in [0.15, 0.2) is 5.78 Å². The summed E-state index contributed by atoms with van der Waals surface area (Å²) in [6, 6.07) is 5.28. The first-order valence-corrected chi connectivity index (χ1v) is 6.97. The van der Waals surface area contributed by atoms with Crippen molar-refractivity contribution in [3.8, 4) is 0 Å². The van der Waals surface area contributed by atoms with Gasteiger partial charge in [0.05, 0.1) is 0 Å². The molecule has 4 heteroatoms. The van der Waals surface area contributed by atoms with Crippen molar-refractivity contribution in [3.05, 3.63) is 56.7 Å². The zero-order valence-corrected chi connectivity index (χ0v) is 11.9. The molecule has 18 heavy (non-hydrogen) atoms. The van der Waals surface area contributed by atoms with Crippen LogP contribution in [0, 0.1) is 0 Å². The van der Waals surface area contributed by atoms with Crippen LogP contribution in [0.4, 0.5) is 0 Å². The molecule has 0 radical (unpaired) electrons. The lowest BCUT2D eigenvalue weighted by Crippen LogP contribution is -2.36. The molecular weight excluding hydrogens is 314 g/mol. The van der Waals surface area contributed by atoms with Crippen molar-refractivity contribution >= 4 is 33.3 Å². The number of hydrogen-bond acceptors (Lipinski definition) is 2. The molecule has 1 atom stereocenters. The minimum absolute atomic E-state index is 0.127. The number of ketones is 1. The van der Waals surface area contributed by atoms with Crippen LogP contribution in [0.1, 0.15) is 22.3 Å². The molecule has 1 heterocycles. The highest BCUT2D eigenvalue weighted by Crippen LogP contribution is 2.30. The summed E-state index contributed by atoms with van der Waals surface area (Å²) in [6.45, 7) is 0. The molecule has 1 aromatic carbocycles. The van der Waals surface area contributed by atoms with Gasteiger partial charge in [-0.2, -0.15) is 0 Å². The van der Waals surface area contributed by atoms with Gasteiger partial charge in [-0.3, -0.25) is 4.79 Å².